The lowest BCUT2D eigenvalue weighted by molar-refractivity contribution is 0.946. The number of hydrogen-bond donors (Lipinski definition) is 0. The second kappa shape index (κ2) is 4.88. The van der Waals surface area contributed by atoms with Crippen LogP contribution in [0.5, 0.6) is 0 Å². The maximum absolute atomic E-state index is 8.83. The van der Waals surface area contributed by atoms with Gasteiger partial charge in [-0.2, -0.15) is 5.26 Å². The van der Waals surface area contributed by atoms with Gasteiger partial charge in [0.05, 0.1) is 12.5 Å². The summed E-state index contributed by atoms with van der Waals surface area (Å²) in [6.45, 7) is 6.15. The van der Waals surface area contributed by atoms with Crippen LogP contribution in [0.2, 0.25) is 5.02 Å². The van der Waals surface area contributed by atoms with Crippen LogP contribution in [0.15, 0.2) is 24.3 Å². The van der Waals surface area contributed by atoms with E-state index >= 15 is 0 Å². The lowest BCUT2D eigenvalue weighted by atomic mass is 10.2. The molecule has 0 atom stereocenters. The van der Waals surface area contributed by atoms with E-state index in [-0.39, 0.29) is 0 Å². The van der Waals surface area contributed by atoms with Crippen molar-refractivity contribution in [1.29, 1.82) is 5.26 Å². The minimum absolute atomic E-state index is 0.451. The first-order valence-corrected chi connectivity index (χ1v) is 6.23. The predicted molar refractivity (Wildman–Crippen MR) is 74.3 cm³/mol. The maximum atomic E-state index is 8.83. The molecule has 0 aliphatic heterocycles. The molecule has 0 N–H and O–H groups in total. The minimum Gasteiger partial charge on any atom is -0.318 e. The first-order valence-electron chi connectivity index (χ1n) is 5.86. The van der Waals surface area contributed by atoms with Gasteiger partial charge in [0.1, 0.15) is 0 Å². The van der Waals surface area contributed by atoms with Gasteiger partial charge < -0.3 is 4.57 Å². The third kappa shape index (κ3) is 2.14. The molecule has 18 heavy (non-hydrogen) atoms. The number of aromatic nitrogens is 1. The molecule has 0 saturated heterocycles. The fourth-order valence-electron chi connectivity index (χ4n) is 2.33. The van der Waals surface area contributed by atoms with Crippen molar-refractivity contribution in [1.82, 2.24) is 4.57 Å². The second-order valence-electron chi connectivity index (χ2n) is 4.50. The summed E-state index contributed by atoms with van der Waals surface area (Å²) in [5.74, 6) is 0. The van der Waals surface area contributed by atoms with Crippen molar-refractivity contribution in [3.63, 3.8) is 0 Å². The minimum atomic E-state index is 0.451. The highest BCUT2D eigenvalue weighted by Gasteiger charge is 2.12. The van der Waals surface area contributed by atoms with Gasteiger partial charge in [0, 0.05) is 22.1 Å². The standard InChI is InChI=1S/C15H15ClN2/c1-10-8-14(16)4-5-15(10)18-11(2)9-13(6-7-17)12(18)3/h4-5,8-9H,6H2,1-3H3. The van der Waals surface area contributed by atoms with Crippen LogP contribution in [0.25, 0.3) is 5.69 Å². The summed E-state index contributed by atoms with van der Waals surface area (Å²) in [6, 6.07) is 10.2. The summed E-state index contributed by atoms with van der Waals surface area (Å²) in [5.41, 5.74) is 5.61. The van der Waals surface area contributed by atoms with E-state index in [1.807, 2.05) is 32.0 Å². The Balaban J connectivity index is 2.61. The molecule has 0 aliphatic carbocycles. The van der Waals surface area contributed by atoms with Gasteiger partial charge in [-0.3, -0.25) is 0 Å². The number of nitriles is 1. The molecule has 1 heterocycles. The van der Waals surface area contributed by atoms with Crippen LogP contribution in [-0.2, 0) is 6.42 Å². The van der Waals surface area contributed by atoms with Crippen LogP contribution < -0.4 is 0 Å². The van der Waals surface area contributed by atoms with Crippen LogP contribution in [0.1, 0.15) is 22.5 Å². The van der Waals surface area contributed by atoms with Gasteiger partial charge in [0.15, 0.2) is 0 Å². The van der Waals surface area contributed by atoms with E-state index in [9.17, 15) is 0 Å². The molecule has 0 saturated carbocycles. The molecule has 2 rings (SSSR count). The average Bonchev–Trinajstić information content (AvgIpc) is 2.56. The van der Waals surface area contributed by atoms with Crippen LogP contribution in [0, 0.1) is 32.1 Å². The van der Waals surface area contributed by atoms with Gasteiger partial charge in [-0.05, 0) is 56.2 Å². The highest BCUT2D eigenvalue weighted by Crippen LogP contribution is 2.25. The Bertz CT molecular complexity index is 633. The van der Waals surface area contributed by atoms with Gasteiger partial charge in [0.25, 0.3) is 0 Å². The normalized spacial score (nSPS) is 10.4. The molecular formula is C15H15ClN2. The molecule has 0 radical (unpaired) electrons. The van der Waals surface area contributed by atoms with Crippen molar-refractivity contribution >= 4 is 11.6 Å². The first kappa shape index (κ1) is 12.7. The van der Waals surface area contributed by atoms with Gasteiger partial charge in [0.2, 0.25) is 0 Å². The highest BCUT2D eigenvalue weighted by molar-refractivity contribution is 6.30. The summed E-state index contributed by atoms with van der Waals surface area (Å²) in [6.07, 6.45) is 0.451. The zero-order valence-electron chi connectivity index (χ0n) is 10.8. The van der Waals surface area contributed by atoms with E-state index in [1.54, 1.807) is 0 Å². The first-order chi connectivity index (χ1) is 8.54. The lowest BCUT2D eigenvalue weighted by Gasteiger charge is -2.13. The monoisotopic (exact) mass is 258 g/mol. The van der Waals surface area contributed by atoms with E-state index in [0.717, 1.165) is 33.2 Å². The van der Waals surface area contributed by atoms with E-state index in [0.29, 0.717) is 6.42 Å². The Morgan fingerprint density at radius 2 is 1.94 bits per heavy atom. The summed E-state index contributed by atoms with van der Waals surface area (Å²) in [5, 5.41) is 9.58. The van der Waals surface area contributed by atoms with Crippen LogP contribution in [-0.4, -0.2) is 4.57 Å². The molecule has 1 aromatic carbocycles. The molecule has 92 valence electrons. The SMILES string of the molecule is Cc1cc(Cl)ccc1-n1c(C)cc(CC#N)c1C. The smallest absolute Gasteiger partial charge is 0.0670 e. The Kier molecular flexibility index (Phi) is 3.45. The molecule has 0 aliphatic rings. The van der Waals surface area contributed by atoms with Crippen molar-refractivity contribution in [2.75, 3.05) is 0 Å². The topological polar surface area (TPSA) is 28.7 Å². The Labute approximate surface area is 112 Å². The molecule has 1 aromatic heterocycles. The van der Waals surface area contributed by atoms with Crippen molar-refractivity contribution in [2.24, 2.45) is 0 Å². The van der Waals surface area contributed by atoms with Crippen molar-refractivity contribution in [2.45, 2.75) is 27.2 Å². The Morgan fingerprint density at radius 1 is 1.22 bits per heavy atom. The molecule has 2 nitrogen and oxygen atoms in total. The summed E-state index contributed by atoms with van der Waals surface area (Å²) < 4.78 is 2.18. The number of benzene rings is 1. The predicted octanol–water partition coefficient (Wildman–Crippen LogP) is 4.12. The quantitative estimate of drug-likeness (QED) is 0.796. The summed E-state index contributed by atoms with van der Waals surface area (Å²) in [7, 11) is 0. The number of rotatable bonds is 2. The maximum Gasteiger partial charge on any atom is 0.0670 e. The fourth-order valence-corrected chi connectivity index (χ4v) is 2.56. The van der Waals surface area contributed by atoms with Crippen molar-refractivity contribution < 1.29 is 0 Å². The molecule has 0 fully saturated rings. The van der Waals surface area contributed by atoms with Gasteiger partial charge in [-0.15, -0.1) is 0 Å². The lowest BCUT2D eigenvalue weighted by Crippen LogP contribution is -2.01. The number of hydrogen-bond acceptors (Lipinski definition) is 1. The average molecular weight is 259 g/mol. The fraction of sp³-hybridized carbons (Fsp3) is 0.267. The Hall–Kier alpha value is -1.72. The van der Waals surface area contributed by atoms with Gasteiger partial charge in [-0.25, -0.2) is 0 Å². The summed E-state index contributed by atoms with van der Waals surface area (Å²) >= 11 is 5.99. The van der Waals surface area contributed by atoms with E-state index in [4.69, 9.17) is 16.9 Å². The summed E-state index contributed by atoms with van der Waals surface area (Å²) in [4.78, 5) is 0. The largest absolute Gasteiger partial charge is 0.318 e. The third-order valence-corrected chi connectivity index (χ3v) is 3.44. The van der Waals surface area contributed by atoms with Gasteiger partial charge in [-0.1, -0.05) is 11.6 Å². The number of aryl methyl sites for hydroxylation is 2. The molecule has 3 heteroatoms. The van der Waals surface area contributed by atoms with Crippen molar-refractivity contribution in [3.8, 4) is 11.8 Å². The zero-order chi connectivity index (χ0) is 13.3. The molecular weight excluding hydrogens is 244 g/mol. The Morgan fingerprint density at radius 3 is 2.56 bits per heavy atom. The van der Waals surface area contributed by atoms with Crippen LogP contribution in [0.3, 0.4) is 0 Å². The van der Waals surface area contributed by atoms with Crippen LogP contribution in [0.4, 0.5) is 0 Å². The number of halogens is 1. The second-order valence-corrected chi connectivity index (χ2v) is 4.93. The van der Waals surface area contributed by atoms with Gasteiger partial charge >= 0.3 is 0 Å². The van der Waals surface area contributed by atoms with E-state index in [2.05, 4.69) is 23.6 Å². The molecule has 0 bridgehead atoms. The van der Waals surface area contributed by atoms with Crippen LogP contribution >= 0.6 is 11.6 Å². The zero-order valence-corrected chi connectivity index (χ0v) is 11.5. The molecule has 2 aromatic rings. The third-order valence-electron chi connectivity index (χ3n) is 3.21. The van der Waals surface area contributed by atoms with E-state index in [1.165, 1.54) is 0 Å². The molecule has 0 spiro atoms. The molecule has 0 amide bonds. The van der Waals surface area contributed by atoms with E-state index < -0.39 is 0 Å². The number of nitrogens with zero attached hydrogens (tertiary/aromatic N) is 2. The molecule has 0 unspecified atom stereocenters. The highest BCUT2D eigenvalue weighted by atomic mass is 35.5. The van der Waals surface area contributed by atoms with Crippen molar-refractivity contribution in [3.05, 3.63) is 51.8 Å².